The van der Waals surface area contributed by atoms with Crippen LogP contribution >= 0.6 is 11.3 Å². The Kier molecular flexibility index (Phi) is 3.58. The highest BCUT2D eigenvalue weighted by Crippen LogP contribution is 2.28. The van der Waals surface area contributed by atoms with Crippen molar-refractivity contribution in [2.45, 2.75) is 13.3 Å². The van der Waals surface area contributed by atoms with Crippen LogP contribution in [0.2, 0.25) is 0 Å². The number of amides is 1. The minimum atomic E-state index is -0.358. The number of anilines is 1. The topological polar surface area (TPSA) is 62.2 Å². The van der Waals surface area contributed by atoms with Crippen LogP contribution in [-0.2, 0) is 6.42 Å². The summed E-state index contributed by atoms with van der Waals surface area (Å²) in [6.07, 6.45) is 0.966. The van der Waals surface area contributed by atoms with E-state index in [-0.39, 0.29) is 17.2 Å². The van der Waals surface area contributed by atoms with Crippen LogP contribution in [0.25, 0.3) is 10.2 Å². The molecule has 21 heavy (non-hydrogen) atoms. The first-order valence-corrected chi connectivity index (χ1v) is 7.48. The quantitative estimate of drug-likeness (QED) is 0.772. The number of aromatic hydroxyl groups is 1. The van der Waals surface area contributed by atoms with E-state index in [4.69, 9.17) is 0 Å². The van der Waals surface area contributed by atoms with Crippen molar-refractivity contribution in [3.05, 3.63) is 53.6 Å². The summed E-state index contributed by atoms with van der Waals surface area (Å²) in [4.78, 5) is 16.5. The predicted octanol–water partition coefficient (Wildman–Crippen LogP) is 3.82. The number of hydrogen-bond acceptors (Lipinski definition) is 4. The molecule has 0 aliphatic heterocycles. The number of aryl methyl sites for hydroxylation is 1. The SMILES string of the molecule is CCc1ccc2nc(NC(=O)c3ccccc3O)sc2c1. The average Bonchev–Trinajstić information content (AvgIpc) is 2.88. The van der Waals surface area contributed by atoms with Crippen LogP contribution in [0.15, 0.2) is 42.5 Å². The average molecular weight is 298 g/mol. The molecule has 0 aliphatic carbocycles. The molecular formula is C16H14N2O2S. The number of nitrogens with zero attached hydrogens (tertiary/aromatic N) is 1. The number of thiazole rings is 1. The van der Waals surface area contributed by atoms with Crippen molar-refractivity contribution in [3.63, 3.8) is 0 Å². The van der Waals surface area contributed by atoms with Crippen molar-refractivity contribution in [1.82, 2.24) is 4.98 Å². The monoisotopic (exact) mass is 298 g/mol. The Balaban J connectivity index is 1.88. The third kappa shape index (κ3) is 2.73. The van der Waals surface area contributed by atoms with Crippen molar-refractivity contribution in [2.75, 3.05) is 5.32 Å². The number of rotatable bonds is 3. The maximum Gasteiger partial charge on any atom is 0.261 e. The predicted molar refractivity (Wildman–Crippen MR) is 85.1 cm³/mol. The van der Waals surface area contributed by atoms with Gasteiger partial charge in [0, 0.05) is 0 Å². The maximum absolute atomic E-state index is 12.1. The van der Waals surface area contributed by atoms with Gasteiger partial charge in [-0.2, -0.15) is 0 Å². The summed E-state index contributed by atoms with van der Waals surface area (Å²) >= 11 is 1.43. The lowest BCUT2D eigenvalue weighted by molar-refractivity contribution is 0.102. The number of phenolic OH excluding ortho intramolecular Hbond substituents is 1. The summed E-state index contributed by atoms with van der Waals surface area (Å²) in [5.74, 6) is -0.396. The second-order valence-electron chi connectivity index (χ2n) is 4.65. The summed E-state index contributed by atoms with van der Waals surface area (Å²) < 4.78 is 1.04. The van der Waals surface area contributed by atoms with E-state index < -0.39 is 0 Å². The third-order valence-electron chi connectivity index (χ3n) is 3.23. The second-order valence-corrected chi connectivity index (χ2v) is 5.68. The van der Waals surface area contributed by atoms with Gasteiger partial charge in [0.25, 0.3) is 5.91 Å². The lowest BCUT2D eigenvalue weighted by atomic mass is 10.2. The Morgan fingerprint density at radius 2 is 2.10 bits per heavy atom. The molecule has 0 fully saturated rings. The van der Waals surface area contributed by atoms with Gasteiger partial charge in [-0.05, 0) is 36.2 Å². The molecule has 0 spiro atoms. The van der Waals surface area contributed by atoms with Gasteiger partial charge in [0.1, 0.15) is 5.75 Å². The van der Waals surface area contributed by atoms with Crippen LogP contribution in [0.1, 0.15) is 22.8 Å². The van der Waals surface area contributed by atoms with Gasteiger partial charge >= 0.3 is 0 Å². The van der Waals surface area contributed by atoms with E-state index in [1.165, 1.54) is 23.0 Å². The van der Waals surface area contributed by atoms with Crippen LogP contribution in [0.4, 0.5) is 5.13 Å². The molecule has 106 valence electrons. The number of nitrogens with one attached hydrogen (secondary N) is 1. The molecule has 1 aromatic heterocycles. The largest absolute Gasteiger partial charge is 0.507 e. The Labute approximate surface area is 126 Å². The molecule has 0 radical (unpaired) electrons. The Bertz CT molecular complexity index is 811. The first-order valence-electron chi connectivity index (χ1n) is 6.66. The fourth-order valence-electron chi connectivity index (χ4n) is 2.07. The summed E-state index contributed by atoms with van der Waals surface area (Å²) in [7, 11) is 0. The number of carbonyl (C=O) groups excluding carboxylic acids is 1. The first kappa shape index (κ1) is 13.6. The molecule has 1 amide bonds. The molecular weight excluding hydrogens is 284 g/mol. The number of aromatic nitrogens is 1. The summed E-state index contributed by atoms with van der Waals surface area (Å²) in [6, 6.07) is 12.5. The molecule has 4 nitrogen and oxygen atoms in total. The highest BCUT2D eigenvalue weighted by atomic mass is 32.1. The van der Waals surface area contributed by atoms with Crippen molar-refractivity contribution in [2.24, 2.45) is 0 Å². The Morgan fingerprint density at radius 3 is 2.86 bits per heavy atom. The summed E-state index contributed by atoms with van der Waals surface area (Å²) in [5, 5.41) is 13.0. The molecule has 0 bridgehead atoms. The van der Waals surface area contributed by atoms with Crippen molar-refractivity contribution in [3.8, 4) is 5.75 Å². The molecule has 5 heteroatoms. The van der Waals surface area contributed by atoms with Crippen LogP contribution in [0.3, 0.4) is 0 Å². The van der Waals surface area contributed by atoms with Gasteiger partial charge in [0.15, 0.2) is 5.13 Å². The number of benzene rings is 2. The Hall–Kier alpha value is -2.40. The van der Waals surface area contributed by atoms with Gasteiger partial charge in [-0.3, -0.25) is 10.1 Å². The number of para-hydroxylation sites is 1. The van der Waals surface area contributed by atoms with Crippen LogP contribution in [-0.4, -0.2) is 16.0 Å². The molecule has 2 N–H and O–H groups in total. The Morgan fingerprint density at radius 1 is 1.29 bits per heavy atom. The molecule has 0 saturated heterocycles. The number of fused-ring (bicyclic) bond motifs is 1. The lowest BCUT2D eigenvalue weighted by Crippen LogP contribution is -2.11. The molecule has 0 saturated carbocycles. The van der Waals surface area contributed by atoms with E-state index >= 15 is 0 Å². The maximum atomic E-state index is 12.1. The third-order valence-corrected chi connectivity index (χ3v) is 4.16. The molecule has 2 aromatic carbocycles. The minimum absolute atomic E-state index is 0.0376. The van der Waals surface area contributed by atoms with Gasteiger partial charge in [-0.1, -0.05) is 36.5 Å². The normalized spacial score (nSPS) is 10.7. The second kappa shape index (κ2) is 5.54. The van der Waals surface area contributed by atoms with Crippen molar-refractivity contribution in [1.29, 1.82) is 0 Å². The van der Waals surface area contributed by atoms with Crippen molar-refractivity contribution < 1.29 is 9.90 Å². The van der Waals surface area contributed by atoms with Gasteiger partial charge in [-0.25, -0.2) is 4.98 Å². The fourth-order valence-corrected chi connectivity index (χ4v) is 3.00. The highest BCUT2D eigenvalue weighted by molar-refractivity contribution is 7.22. The molecule has 0 unspecified atom stereocenters. The number of phenols is 1. The zero-order valence-corrected chi connectivity index (χ0v) is 12.3. The highest BCUT2D eigenvalue weighted by Gasteiger charge is 2.13. The van der Waals surface area contributed by atoms with Crippen LogP contribution in [0.5, 0.6) is 5.75 Å². The van der Waals surface area contributed by atoms with Gasteiger partial charge in [0.05, 0.1) is 15.8 Å². The van der Waals surface area contributed by atoms with E-state index in [0.29, 0.717) is 5.13 Å². The zero-order valence-electron chi connectivity index (χ0n) is 11.5. The van der Waals surface area contributed by atoms with E-state index in [1.807, 2.05) is 12.1 Å². The standard InChI is InChI=1S/C16H14N2O2S/c1-2-10-7-8-12-14(9-10)21-16(17-12)18-15(20)11-5-3-4-6-13(11)19/h3-9,19H,2H2,1H3,(H,17,18,20). The van der Waals surface area contributed by atoms with Crippen LogP contribution < -0.4 is 5.32 Å². The van der Waals surface area contributed by atoms with Gasteiger partial charge in [-0.15, -0.1) is 0 Å². The van der Waals surface area contributed by atoms with E-state index in [9.17, 15) is 9.90 Å². The summed E-state index contributed by atoms with van der Waals surface area (Å²) in [6.45, 7) is 2.10. The van der Waals surface area contributed by atoms with Gasteiger partial charge in [0.2, 0.25) is 0 Å². The fraction of sp³-hybridized carbons (Fsp3) is 0.125. The molecule has 0 aliphatic rings. The number of hydrogen-bond donors (Lipinski definition) is 2. The minimum Gasteiger partial charge on any atom is -0.507 e. The van der Waals surface area contributed by atoms with Gasteiger partial charge < -0.3 is 5.11 Å². The number of carbonyl (C=O) groups is 1. The smallest absolute Gasteiger partial charge is 0.261 e. The van der Waals surface area contributed by atoms with E-state index in [0.717, 1.165) is 16.6 Å². The first-order chi connectivity index (χ1) is 10.2. The lowest BCUT2D eigenvalue weighted by Gasteiger charge is -2.03. The van der Waals surface area contributed by atoms with E-state index in [1.54, 1.807) is 18.2 Å². The molecule has 0 atom stereocenters. The molecule has 3 rings (SSSR count). The van der Waals surface area contributed by atoms with Crippen LogP contribution in [0, 0.1) is 0 Å². The zero-order chi connectivity index (χ0) is 14.8. The van der Waals surface area contributed by atoms with E-state index in [2.05, 4.69) is 23.3 Å². The molecule has 3 aromatic rings. The summed E-state index contributed by atoms with van der Waals surface area (Å²) in [5.41, 5.74) is 2.35. The van der Waals surface area contributed by atoms with Crippen molar-refractivity contribution >= 4 is 32.6 Å². The molecule has 1 heterocycles.